The van der Waals surface area contributed by atoms with Crippen molar-refractivity contribution >= 4 is 21.7 Å². The molecule has 0 radical (unpaired) electrons. The number of nitrogens with zero attached hydrogens (tertiary/aromatic N) is 1. The summed E-state index contributed by atoms with van der Waals surface area (Å²) in [5, 5.41) is 8.01. The quantitative estimate of drug-likeness (QED) is 0.890. The molecule has 0 heterocycles. The first-order valence-electron chi connectivity index (χ1n) is 7.42. The Kier molecular flexibility index (Phi) is 5.26. The summed E-state index contributed by atoms with van der Waals surface area (Å²) < 4.78 is 22.9. The number of anilines is 1. The van der Waals surface area contributed by atoms with Gasteiger partial charge in [-0.25, -0.2) is 18.4 Å². The van der Waals surface area contributed by atoms with Crippen LogP contribution in [0.4, 0.5) is 10.5 Å². The molecule has 1 atom stereocenters. The van der Waals surface area contributed by atoms with E-state index in [4.69, 9.17) is 5.14 Å². The lowest BCUT2D eigenvalue weighted by atomic mass is 10.1. The highest BCUT2D eigenvalue weighted by molar-refractivity contribution is 7.89. The van der Waals surface area contributed by atoms with Crippen molar-refractivity contribution < 1.29 is 13.2 Å². The number of primary sulfonamides is 1. The molecule has 7 heteroatoms. The van der Waals surface area contributed by atoms with Crippen molar-refractivity contribution in [1.29, 1.82) is 0 Å². The Hall–Kier alpha value is -2.38. The molecule has 0 aromatic heterocycles. The Bertz CT molecular complexity index is 850. The lowest BCUT2D eigenvalue weighted by molar-refractivity contribution is 0.208. The average molecular weight is 347 g/mol. The van der Waals surface area contributed by atoms with Crippen molar-refractivity contribution in [2.24, 2.45) is 5.14 Å². The molecule has 2 amide bonds. The van der Waals surface area contributed by atoms with Gasteiger partial charge < -0.3 is 10.2 Å². The minimum Gasteiger partial charge on any atom is -0.321 e. The van der Waals surface area contributed by atoms with Crippen LogP contribution in [0.3, 0.4) is 0 Å². The van der Waals surface area contributed by atoms with Crippen LogP contribution in [0.25, 0.3) is 0 Å². The Morgan fingerprint density at radius 3 is 2.46 bits per heavy atom. The summed E-state index contributed by atoms with van der Waals surface area (Å²) in [6.07, 6.45) is 0. The van der Waals surface area contributed by atoms with Crippen molar-refractivity contribution in [1.82, 2.24) is 4.90 Å². The van der Waals surface area contributed by atoms with Gasteiger partial charge in [-0.2, -0.15) is 0 Å². The van der Waals surface area contributed by atoms with Crippen LogP contribution in [0.1, 0.15) is 24.1 Å². The van der Waals surface area contributed by atoms with Gasteiger partial charge in [0.1, 0.15) is 0 Å². The van der Waals surface area contributed by atoms with E-state index in [0.29, 0.717) is 5.56 Å². The van der Waals surface area contributed by atoms with E-state index in [-0.39, 0.29) is 17.0 Å². The molecule has 0 saturated carbocycles. The number of carbonyl (C=O) groups excluding carboxylic acids is 1. The zero-order valence-corrected chi connectivity index (χ0v) is 14.7. The molecule has 3 N–H and O–H groups in total. The molecule has 0 aliphatic heterocycles. The van der Waals surface area contributed by atoms with E-state index in [1.165, 1.54) is 17.0 Å². The van der Waals surface area contributed by atoms with Crippen molar-refractivity contribution in [3.8, 4) is 0 Å². The van der Waals surface area contributed by atoms with Crippen molar-refractivity contribution in [2.75, 3.05) is 12.4 Å². The Morgan fingerprint density at radius 1 is 1.17 bits per heavy atom. The van der Waals surface area contributed by atoms with Gasteiger partial charge in [0.05, 0.1) is 10.9 Å². The van der Waals surface area contributed by atoms with Crippen LogP contribution >= 0.6 is 0 Å². The molecule has 2 aromatic carbocycles. The van der Waals surface area contributed by atoms with E-state index in [1.807, 2.05) is 38.1 Å². The minimum absolute atomic E-state index is 0.0274. The number of hydrogen-bond donors (Lipinski definition) is 2. The highest BCUT2D eigenvalue weighted by Gasteiger charge is 2.19. The van der Waals surface area contributed by atoms with Gasteiger partial charge in [0, 0.05) is 12.7 Å². The van der Waals surface area contributed by atoms with Crippen molar-refractivity contribution in [2.45, 2.75) is 24.8 Å². The van der Waals surface area contributed by atoms with E-state index in [0.717, 1.165) is 11.3 Å². The molecule has 0 saturated heterocycles. The number of urea groups is 1. The lowest BCUT2D eigenvalue weighted by Crippen LogP contribution is -2.33. The molecule has 0 spiro atoms. The maximum absolute atomic E-state index is 12.4. The van der Waals surface area contributed by atoms with E-state index in [1.54, 1.807) is 19.2 Å². The summed E-state index contributed by atoms with van der Waals surface area (Å²) >= 11 is 0. The van der Waals surface area contributed by atoms with Gasteiger partial charge in [-0.1, -0.05) is 30.3 Å². The molecular weight excluding hydrogens is 326 g/mol. The lowest BCUT2D eigenvalue weighted by Gasteiger charge is -2.26. The number of para-hydroxylation sites is 1. The summed E-state index contributed by atoms with van der Waals surface area (Å²) in [5.41, 5.74) is 2.38. The fourth-order valence-electron chi connectivity index (χ4n) is 2.27. The largest absolute Gasteiger partial charge is 0.322 e. The number of aryl methyl sites for hydroxylation is 1. The maximum Gasteiger partial charge on any atom is 0.322 e. The summed E-state index contributed by atoms with van der Waals surface area (Å²) in [5.74, 6) is 0. The second-order valence-corrected chi connectivity index (χ2v) is 7.21. The van der Waals surface area contributed by atoms with Gasteiger partial charge in [0.15, 0.2) is 0 Å². The van der Waals surface area contributed by atoms with Gasteiger partial charge in [0.2, 0.25) is 10.0 Å². The zero-order valence-electron chi connectivity index (χ0n) is 13.9. The van der Waals surface area contributed by atoms with E-state index in [2.05, 4.69) is 5.32 Å². The minimum atomic E-state index is -3.78. The number of carbonyl (C=O) groups is 1. The second kappa shape index (κ2) is 7.02. The molecule has 2 rings (SSSR count). The van der Waals surface area contributed by atoms with Gasteiger partial charge >= 0.3 is 6.03 Å². The normalized spacial score (nSPS) is 12.5. The second-order valence-electron chi connectivity index (χ2n) is 5.65. The van der Waals surface area contributed by atoms with Crippen LogP contribution in [-0.4, -0.2) is 26.4 Å². The van der Waals surface area contributed by atoms with Gasteiger partial charge in [0.25, 0.3) is 0 Å². The summed E-state index contributed by atoms with van der Waals surface area (Å²) in [6, 6.07) is 13.2. The van der Waals surface area contributed by atoms with Crippen LogP contribution in [0.2, 0.25) is 0 Å². The van der Waals surface area contributed by atoms with E-state index >= 15 is 0 Å². The van der Waals surface area contributed by atoms with Crippen LogP contribution in [0.5, 0.6) is 0 Å². The zero-order chi connectivity index (χ0) is 17.9. The predicted molar refractivity (Wildman–Crippen MR) is 94.2 cm³/mol. The predicted octanol–water partition coefficient (Wildman–Crippen LogP) is 2.87. The monoisotopic (exact) mass is 347 g/mol. The number of rotatable bonds is 4. The van der Waals surface area contributed by atoms with Crippen LogP contribution in [-0.2, 0) is 10.0 Å². The summed E-state index contributed by atoms with van der Waals surface area (Å²) in [6.45, 7) is 3.73. The summed E-state index contributed by atoms with van der Waals surface area (Å²) in [7, 11) is -2.12. The standard InChI is InChI=1S/C17H21N3O3S/c1-12-7-4-5-10-16(12)19-17(21)20(3)13(2)14-8-6-9-15(11-14)24(18,22)23/h4-11,13H,1-3H3,(H,19,21)(H2,18,22,23)/t13-/m0/s1. The fraction of sp³-hybridized carbons (Fsp3) is 0.235. The molecular formula is C17H21N3O3S. The first kappa shape index (κ1) is 18.0. The van der Waals surface area contributed by atoms with Crippen LogP contribution < -0.4 is 10.5 Å². The first-order valence-corrected chi connectivity index (χ1v) is 8.97. The fourth-order valence-corrected chi connectivity index (χ4v) is 2.84. The van der Waals surface area contributed by atoms with Gasteiger partial charge in [-0.15, -0.1) is 0 Å². The highest BCUT2D eigenvalue weighted by Crippen LogP contribution is 2.22. The average Bonchev–Trinajstić information content (AvgIpc) is 2.55. The van der Waals surface area contributed by atoms with Crippen molar-refractivity contribution in [3.63, 3.8) is 0 Å². The number of sulfonamides is 1. The SMILES string of the molecule is Cc1ccccc1NC(=O)N(C)[C@@H](C)c1cccc(S(N)(=O)=O)c1. The molecule has 0 unspecified atom stereocenters. The van der Waals surface area contributed by atoms with E-state index in [9.17, 15) is 13.2 Å². The molecule has 6 nitrogen and oxygen atoms in total. The molecule has 0 aliphatic rings. The third kappa shape index (κ3) is 4.12. The van der Waals surface area contributed by atoms with Crippen LogP contribution in [0.15, 0.2) is 53.4 Å². The maximum atomic E-state index is 12.4. The Morgan fingerprint density at radius 2 is 1.83 bits per heavy atom. The first-order chi connectivity index (χ1) is 11.2. The molecule has 0 aliphatic carbocycles. The third-order valence-corrected chi connectivity index (χ3v) is 4.87. The molecule has 128 valence electrons. The number of nitrogens with one attached hydrogen (secondary N) is 1. The number of nitrogens with two attached hydrogens (primary N) is 1. The molecule has 0 bridgehead atoms. The number of benzene rings is 2. The number of amides is 2. The van der Waals surface area contributed by atoms with Crippen LogP contribution in [0, 0.1) is 6.92 Å². The highest BCUT2D eigenvalue weighted by atomic mass is 32.2. The molecule has 24 heavy (non-hydrogen) atoms. The van der Waals surface area contributed by atoms with Gasteiger partial charge in [-0.3, -0.25) is 0 Å². The Labute approximate surface area is 142 Å². The summed E-state index contributed by atoms with van der Waals surface area (Å²) in [4.78, 5) is 14.0. The van der Waals surface area contributed by atoms with Crippen molar-refractivity contribution in [3.05, 3.63) is 59.7 Å². The number of hydrogen-bond acceptors (Lipinski definition) is 3. The third-order valence-electron chi connectivity index (χ3n) is 3.96. The van der Waals surface area contributed by atoms with Gasteiger partial charge in [-0.05, 0) is 43.2 Å². The Balaban J connectivity index is 2.19. The molecule has 0 fully saturated rings. The smallest absolute Gasteiger partial charge is 0.321 e. The van der Waals surface area contributed by atoms with E-state index < -0.39 is 10.0 Å². The molecule has 2 aromatic rings. The topological polar surface area (TPSA) is 92.5 Å².